The number of rotatable bonds is 7. The number of carbonyl (C=O) groups excluding carboxylic acids is 2. The number of nitro benzene ring substituents is 1. The molecule has 0 spiro atoms. The van der Waals surface area contributed by atoms with Crippen LogP contribution in [0.15, 0.2) is 42.5 Å². The smallest absolute Gasteiger partial charge is 0.270 e. The summed E-state index contributed by atoms with van der Waals surface area (Å²) >= 11 is 16.7. The molecule has 0 bridgehead atoms. The average Bonchev–Trinajstić information content (AvgIpc) is 2.71. The van der Waals surface area contributed by atoms with Gasteiger partial charge in [0.05, 0.1) is 16.6 Å². The molecule has 0 aliphatic carbocycles. The van der Waals surface area contributed by atoms with E-state index in [0.717, 1.165) is 6.07 Å². The van der Waals surface area contributed by atoms with Crippen molar-refractivity contribution < 1.29 is 19.2 Å². The lowest BCUT2D eigenvalue weighted by Gasteiger charge is -2.11. The van der Waals surface area contributed by atoms with Gasteiger partial charge >= 0.3 is 0 Å². The summed E-state index contributed by atoms with van der Waals surface area (Å²) in [7, 11) is 0. The molecule has 0 saturated carbocycles. The van der Waals surface area contributed by atoms with Crippen LogP contribution in [0.25, 0.3) is 0 Å². The molecular weight excluding hydrogens is 455 g/mol. The van der Waals surface area contributed by atoms with Crippen LogP contribution in [0.2, 0.25) is 10.0 Å². The number of amides is 2. The van der Waals surface area contributed by atoms with E-state index in [-0.39, 0.29) is 35.3 Å². The topological polar surface area (TPSA) is 123 Å². The van der Waals surface area contributed by atoms with Crippen molar-refractivity contribution in [3.05, 3.63) is 68.2 Å². The Labute approximate surface area is 186 Å². The number of hydrazine groups is 1. The molecule has 0 atom stereocenters. The van der Waals surface area contributed by atoms with Gasteiger partial charge in [-0.1, -0.05) is 29.3 Å². The minimum absolute atomic E-state index is 0.0534. The third kappa shape index (κ3) is 7.47. The van der Waals surface area contributed by atoms with E-state index >= 15 is 0 Å². The Balaban J connectivity index is 1.69. The van der Waals surface area contributed by atoms with Crippen molar-refractivity contribution in [2.24, 2.45) is 0 Å². The maximum atomic E-state index is 12.1. The molecular formula is C18H16Cl2N4O5S. The molecule has 0 saturated heterocycles. The van der Waals surface area contributed by atoms with Gasteiger partial charge in [-0.05, 0) is 42.9 Å². The molecule has 0 aromatic heterocycles. The van der Waals surface area contributed by atoms with Gasteiger partial charge in [-0.3, -0.25) is 35.9 Å². The van der Waals surface area contributed by atoms with E-state index in [1.165, 1.54) is 18.2 Å². The van der Waals surface area contributed by atoms with Crippen LogP contribution in [0.1, 0.15) is 23.2 Å². The van der Waals surface area contributed by atoms with E-state index in [4.69, 9.17) is 40.2 Å². The van der Waals surface area contributed by atoms with Crippen molar-refractivity contribution in [2.75, 3.05) is 6.61 Å². The molecule has 12 heteroatoms. The van der Waals surface area contributed by atoms with Crippen LogP contribution >= 0.6 is 35.4 Å². The zero-order chi connectivity index (χ0) is 22.1. The maximum Gasteiger partial charge on any atom is 0.270 e. The largest absolute Gasteiger partial charge is 0.492 e. The molecule has 0 fully saturated rings. The Kier molecular flexibility index (Phi) is 8.78. The van der Waals surface area contributed by atoms with E-state index in [9.17, 15) is 19.7 Å². The van der Waals surface area contributed by atoms with Crippen LogP contribution in [0, 0.1) is 10.1 Å². The Hall–Kier alpha value is -2.95. The number of carbonyl (C=O) groups is 2. The summed E-state index contributed by atoms with van der Waals surface area (Å²) in [5, 5.41) is 13.8. The molecule has 0 radical (unpaired) electrons. The number of hydrogen-bond donors (Lipinski definition) is 3. The van der Waals surface area contributed by atoms with Crippen LogP contribution in [0.4, 0.5) is 5.69 Å². The average molecular weight is 471 g/mol. The minimum Gasteiger partial charge on any atom is -0.492 e. The number of non-ortho nitro benzene ring substituents is 1. The summed E-state index contributed by atoms with van der Waals surface area (Å²) in [4.78, 5) is 34.0. The number of nitrogens with one attached hydrogen (secondary N) is 3. The number of nitro groups is 1. The molecule has 2 aromatic rings. The third-order valence-electron chi connectivity index (χ3n) is 3.56. The van der Waals surface area contributed by atoms with E-state index in [1.54, 1.807) is 18.2 Å². The molecule has 2 rings (SSSR count). The Bertz CT molecular complexity index is 973. The Morgan fingerprint density at radius 1 is 1.13 bits per heavy atom. The lowest BCUT2D eigenvalue weighted by molar-refractivity contribution is -0.384. The van der Waals surface area contributed by atoms with Crippen LogP contribution in [-0.4, -0.2) is 28.5 Å². The van der Waals surface area contributed by atoms with E-state index in [0.29, 0.717) is 22.2 Å². The van der Waals surface area contributed by atoms with Crippen molar-refractivity contribution >= 4 is 58.0 Å². The van der Waals surface area contributed by atoms with Crippen LogP contribution in [0.5, 0.6) is 5.75 Å². The van der Waals surface area contributed by atoms with Crippen LogP contribution < -0.4 is 20.9 Å². The molecule has 3 N–H and O–H groups in total. The first-order chi connectivity index (χ1) is 14.3. The summed E-state index contributed by atoms with van der Waals surface area (Å²) in [5.74, 6) is -0.573. The lowest BCUT2D eigenvalue weighted by atomic mass is 10.2. The summed E-state index contributed by atoms with van der Waals surface area (Å²) in [5.41, 5.74) is 4.55. The fourth-order valence-corrected chi connectivity index (χ4v) is 2.77. The predicted octanol–water partition coefficient (Wildman–Crippen LogP) is 3.40. The molecule has 158 valence electrons. The first-order valence-electron chi connectivity index (χ1n) is 8.48. The standard InChI is InChI=1S/C18H16Cl2N4O5S/c19-12-6-7-15(14(20)10-12)29-8-2-5-16(25)22-23-18(30)21-17(26)11-3-1-4-13(9-11)24(27)28/h1,3-4,6-7,9-10H,2,5,8H2,(H,22,25)(H2,21,23,26,30). The molecule has 30 heavy (non-hydrogen) atoms. The van der Waals surface area contributed by atoms with Gasteiger partial charge in [0, 0.05) is 29.1 Å². The van der Waals surface area contributed by atoms with Crippen molar-refractivity contribution in [2.45, 2.75) is 12.8 Å². The number of benzene rings is 2. The van der Waals surface area contributed by atoms with Gasteiger partial charge in [-0.2, -0.15) is 0 Å². The van der Waals surface area contributed by atoms with Gasteiger partial charge in [-0.25, -0.2) is 0 Å². The highest BCUT2D eigenvalue weighted by Crippen LogP contribution is 2.27. The van der Waals surface area contributed by atoms with Gasteiger partial charge in [0.25, 0.3) is 11.6 Å². The fourth-order valence-electron chi connectivity index (χ4n) is 2.16. The monoisotopic (exact) mass is 470 g/mol. The lowest BCUT2D eigenvalue weighted by Crippen LogP contribution is -2.48. The van der Waals surface area contributed by atoms with Gasteiger partial charge in [0.15, 0.2) is 5.11 Å². The summed E-state index contributed by atoms with van der Waals surface area (Å²) in [6.45, 7) is 0.253. The maximum absolute atomic E-state index is 12.1. The first kappa shape index (κ1) is 23.3. The molecule has 9 nitrogen and oxygen atoms in total. The highest BCUT2D eigenvalue weighted by molar-refractivity contribution is 7.80. The van der Waals surface area contributed by atoms with Crippen LogP contribution in [-0.2, 0) is 4.79 Å². The first-order valence-corrected chi connectivity index (χ1v) is 9.65. The number of halogens is 2. The van der Waals surface area contributed by atoms with E-state index < -0.39 is 10.8 Å². The number of ether oxygens (including phenoxy) is 1. The van der Waals surface area contributed by atoms with E-state index in [1.807, 2.05) is 0 Å². The number of thiocarbonyl (C=S) groups is 1. The highest BCUT2D eigenvalue weighted by Gasteiger charge is 2.13. The van der Waals surface area contributed by atoms with Crippen molar-refractivity contribution in [1.82, 2.24) is 16.2 Å². The molecule has 2 aromatic carbocycles. The quantitative estimate of drug-likeness (QED) is 0.245. The minimum atomic E-state index is -0.654. The van der Waals surface area contributed by atoms with Crippen molar-refractivity contribution in [3.8, 4) is 5.75 Å². The molecule has 0 heterocycles. The van der Waals surface area contributed by atoms with Gasteiger partial charge in [0.1, 0.15) is 5.75 Å². The zero-order valence-electron chi connectivity index (χ0n) is 15.3. The SMILES string of the molecule is O=C(CCCOc1ccc(Cl)cc1Cl)NNC(=S)NC(=O)c1cccc([N+](=O)[O-])c1. The molecule has 0 aliphatic rings. The zero-order valence-corrected chi connectivity index (χ0v) is 17.6. The van der Waals surface area contributed by atoms with Crippen molar-refractivity contribution in [3.63, 3.8) is 0 Å². The summed E-state index contributed by atoms with van der Waals surface area (Å²) in [6, 6.07) is 9.98. The third-order valence-corrected chi connectivity index (χ3v) is 4.30. The molecule has 2 amide bonds. The molecule has 0 unspecified atom stereocenters. The van der Waals surface area contributed by atoms with E-state index in [2.05, 4.69) is 16.2 Å². The molecule has 0 aliphatic heterocycles. The second kappa shape index (κ2) is 11.3. The predicted molar refractivity (Wildman–Crippen MR) is 116 cm³/mol. The summed E-state index contributed by atoms with van der Waals surface area (Å²) < 4.78 is 5.47. The summed E-state index contributed by atoms with van der Waals surface area (Å²) in [6.07, 6.45) is 0.527. The number of hydrogen-bond acceptors (Lipinski definition) is 6. The highest BCUT2D eigenvalue weighted by atomic mass is 35.5. The number of nitrogens with zero attached hydrogens (tertiary/aromatic N) is 1. The van der Waals surface area contributed by atoms with Crippen LogP contribution in [0.3, 0.4) is 0 Å². The van der Waals surface area contributed by atoms with Gasteiger partial charge < -0.3 is 4.74 Å². The second-order valence-electron chi connectivity index (χ2n) is 5.79. The van der Waals surface area contributed by atoms with Gasteiger partial charge in [0.2, 0.25) is 5.91 Å². The Morgan fingerprint density at radius 3 is 2.60 bits per heavy atom. The normalized spacial score (nSPS) is 10.1. The van der Waals surface area contributed by atoms with Crippen molar-refractivity contribution in [1.29, 1.82) is 0 Å². The second-order valence-corrected chi connectivity index (χ2v) is 7.04. The van der Waals surface area contributed by atoms with Gasteiger partial charge in [-0.15, -0.1) is 0 Å². The Morgan fingerprint density at radius 2 is 1.90 bits per heavy atom. The fraction of sp³-hybridized carbons (Fsp3) is 0.167.